The molecule has 0 radical (unpaired) electrons. The number of aliphatic hydroxyl groups excluding tert-OH is 1. The lowest BCUT2D eigenvalue weighted by molar-refractivity contribution is -0.135. The number of hydrogen-bond acceptors (Lipinski definition) is 7. The summed E-state index contributed by atoms with van der Waals surface area (Å²) in [4.78, 5) is 14.1. The van der Waals surface area contributed by atoms with E-state index in [9.17, 15) is 23.6 Å². The zero-order valence-electron chi connectivity index (χ0n) is 15.6. The van der Waals surface area contributed by atoms with E-state index in [-0.39, 0.29) is 11.7 Å². The number of rotatable bonds is 7. The molecule has 0 saturated carbocycles. The molecular weight excluding hydrogens is 370 g/mol. The summed E-state index contributed by atoms with van der Waals surface area (Å²) in [5, 5.41) is 22.7. The maximum atomic E-state index is 13.0. The van der Waals surface area contributed by atoms with E-state index in [0.717, 1.165) is 4.90 Å². The van der Waals surface area contributed by atoms with Gasteiger partial charge in [-0.2, -0.15) is 5.26 Å². The van der Waals surface area contributed by atoms with Gasteiger partial charge in [-0.1, -0.05) is 32.4 Å². The zero-order chi connectivity index (χ0) is 20.2. The molecule has 2 N–H and O–H groups in total. The molecule has 0 aromatic heterocycles. The molecule has 1 aromatic carbocycles. The first-order valence-corrected chi connectivity index (χ1v) is 10.5. The molecule has 2 rings (SSSR count). The summed E-state index contributed by atoms with van der Waals surface area (Å²) >= 11 is 0. The lowest BCUT2D eigenvalue weighted by Crippen LogP contribution is -2.52. The van der Waals surface area contributed by atoms with Crippen LogP contribution in [0.3, 0.4) is 0 Å². The number of hydrogen-bond donors (Lipinski definition) is 2. The van der Waals surface area contributed by atoms with Crippen molar-refractivity contribution in [2.75, 3.05) is 18.7 Å². The van der Waals surface area contributed by atoms with Crippen molar-refractivity contribution in [2.45, 2.75) is 38.6 Å². The summed E-state index contributed by atoms with van der Waals surface area (Å²) < 4.78 is 28.9. The highest BCUT2D eigenvalue weighted by Crippen LogP contribution is 2.23. The number of nitrogens with one attached hydrogen (secondary N) is 1. The van der Waals surface area contributed by atoms with Gasteiger partial charge in [0, 0.05) is 0 Å². The van der Waals surface area contributed by atoms with E-state index in [0.29, 0.717) is 17.7 Å². The monoisotopic (exact) mass is 395 g/mol. The van der Waals surface area contributed by atoms with E-state index >= 15 is 0 Å². The Morgan fingerprint density at radius 2 is 2.22 bits per heavy atom. The quantitative estimate of drug-likeness (QED) is 0.655. The van der Waals surface area contributed by atoms with Crippen molar-refractivity contribution in [2.24, 2.45) is 5.92 Å². The van der Waals surface area contributed by atoms with E-state index in [1.54, 1.807) is 24.3 Å². The number of carbonyl (C=O) groups is 1. The minimum absolute atomic E-state index is 0.180. The molecule has 1 aromatic rings. The Bertz CT molecular complexity index is 821. The van der Waals surface area contributed by atoms with Crippen LogP contribution in [-0.4, -0.2) is 55.2 Å². The van der Waals surface area contributed by atoms with Crippen LogP contribution in [0.15, 0.2) is 24.3 Å². The third-order valence-corrected chi connectivity index (χ3v) is 6.28. The highest BCUT2D eigenvalue weighted by Gasteiger charge is 2.42. The number of carbonyl (C=O) groups excluding carboxylic acids is 1. The average molecular weight is 395 g/mol. The fourth-order valence-corrected chi connectivity index (χ4v) is 4.55. The molecule has 9 heteroatoms. The van der Waals surface area contributed by atoms with Gasteiger partial charge >= 0.3 is 0 Å². The Morgan fingerprint density at radius 3 is 2.81 bits per heavy atom. The van der Waals surface area contributed by atoms with Crippen LogP contribution in [-0.2, 0) is 14.6 Å². The topological polar surface area (TPSA) is 120 Å². The summed E-state index contributed by atoms with van der Waals surface area (Å²) in [7, 11) is -1.97. The Morgan fingerprint density at radius 1 is 1.52 bits per heavy atom. The summed E-state index contributed by atoms with van der Waals surface area (Å²) in [5.41, 5.74) is 0.515. The van der Waals surface area contributed by atoms with Crippen molar-refractivity contribution in [1.29, 1.82) is 5.26 Å². The van der Waals surface area contributed by atoms with Crippen molar-refractivity contribution in [3.8, 4) is 11.8 Å². The number of benzene rings is 1. The molecule has 2 unspecified atom stereocenters. The van der Waals surface area contributed by atoms with Gasteiger partial charge in [-0.25, -0.2) is 8.42 Å². The first-order valence-electron chi connectivity index (χ1n) is 8.71. The lowest BCUT2D eigenvalue weighted by Gasteiger charge is -2.30. The molecule has 0 aliphatic carbocycles. The molecule has 148 valence electrons. The van der Waals surface area contributed by atoms with E-state index in [2.05, 4.69) is 5.32 Å². The predicted molar refractivity (Wildman–Crippen MR) is 99.2 cm³/mol. The van der Waals surface area contributed by atoms with Gasteiger partial charge < -0.3 is 14.7 Å². The highest BCUT2D eigenvalue weighted by atomic mass is 32.2. The van der Waals surface area contributed by atoms with Gasteiger partial charge in [0.05, 0.1) is 25.0 Å². The standard InChI is InChI=1S/C18H25N3O5S/c1-4-12(2)16(18(23)21-11-27(24,25)10-14(21)9-19)20-17(22)13-6-5-7-15(8-13)26-3/h5-8,12,14,16-17,20,22H,4,10-11H2,1-3H3/t12?,14-,16+,17?/m1/s1. The van der Waals surface area contributed by atoms with Gasteiger partial charge in [-0.05, 0) is 23.6 Å². The molecule has 4 atom stereocenters. The molecule has 8 nitrogen and oxygen atoms in total. The zero-order valence-corrected chi connectivity index (χ0v) is 16.4. The number of ether oxygens (including phenoxy) is 1. The third-order valence-electron chi connectivity index (χ3n) is 4.78. The maximum Gasteiger partial charge on any atom is 0.242 e. The van der Waals surface area contributed by atoms with Crippen molar-refractivity contribution in [3.05, 3.63) is 29.8 Å². The summed E-state index contributed by atoms with van der Waals surface area (Å²) in [5.74, 6) is -0.955. The summed E-state index contributed by atoms with van der Waals surface area (Å²) in [6, 6.07) is 6.83. The van der Waals surface area contributed by atoms with Crippen LogP contribution in [0.1, 0.15) is 32.1 Å². The van der Waals surface area contributed by atoms with E-state index in [1.165, 1.54) is 7.11 Å². The Balaban J connectivity index is 2.24. The minimum Gasteiger partial charge on any atom is -0.497 e. The van der Waals surface area contributed by atoms with Gasteiger partial charge in [0.15, 0.2) is 9.84 Å². The normalized spacial score (nSPS) is 21.9. The summed E-state index contributed by atoms with van der Waals surface area (Å²) in [6.07, 6.45) is -0.519. The molecule has 27 heavy (non-hydrogen) atoms. The van der Waals surface area contributed by atoms with Gasteiger partial charge in [-0.15, -0.1) is 0 Å². The molecular formula is C18H25N3O5S. The second kappa shape index (κ2) is 8.69. The van der Waals surface area contributed by atoms with Crippen LogP contribution in [0.4, 0.5) is 0 Å². The van der Waals surface area contributed by atoms with Crippen molar-refractivity contribution >= 4 is 15.7 Å². The number of amides is 1. The van der Waals surface area contributed by atoms with Crippen molar-refractivity contribution in [1.82, 2.24) is 10.2 Å². The van der Waals surface area contributed by atoms with Gasteiger partial charge in [-0.3, -0.25) is 10.1 Å². The van der Waals surface area contributed by atoms with E-state index < -0.39 is 39.9 Å². The van der Waals surface area contributed by atoms with Crippen LogP contribution in [0.5, 0.6) is 5.75 Å². The maximum absolute atomic E-state index is 13.0. The largest absolute Gasteiger partial charge is 0.497 e. The smallest absolute Gasteiger partial charge is 0.242 e. The molecule has 1 amide bonds. The molecule has 1 saturated heterocycles. The Labute approximate surface area is 159 Å². The second-order valence-electron chi connectivity index (χ2n) is 6.70. The predicted octanol–water partition coefficient (Wildman–Crippen LogP) is 0.797. The van der Waals surface area contributed by atoms with Crippen LogP contribution < -0.4 is 10.1 Å². The second-order valence-corrected chi connectivity index (χ2v) is 8.78. The van der Waals surface area contributed by atoms with Crippen LogP contribution in [0.25, 0.3) is 0 Å². The van der Waals surface area contributed by atoms with E-state index in [1.807, 2.05) is 19.9 Å². The molecule has 1 aliphatic heterocycles. The number of nitriles is 1. The minimum atomic E-state index is -3.48. The average Bonchev–Trinajstić information content (AvgIpc) is 2.99. The van der Waals surface area contributed by atoms with Crippen molar-refractivity contribution in [3.63, 3.8) is 0 Å². The van der Waals surface area contributed by atoms with Crippen LogP contribution >= 0.6 is 0 Å². The first-order chi connectivity index (χ1) is 12.7. The lowest BCUT2D eigenvalue weighted by atomic mass is 9.96. The Kier molecular flexibility index (Phi) is 6.81. The van der Waals surface area contributed by atoms with Gasteiger partial charge in [0.2, 0.25) is 5.91 Å². The first kappa shape index (κ1) is 21.2. The molecule has 1 aliphatic rings. The van der Waals surface area contributed by atoms with Crippen LogP contribution in [0, 0.1) is 17.2 Å². The van der Waals surface area contributed by atoms with E-state index in [4.69, 9.17) is 4.74 Å². The fourth-order valence-electron chi connectivity index (χ4n) is 2.98. The highest BCUT2D eigenvalue weighted by molar-refractivity contribution is 7.91. The summed E-state index contributed by atoms with van der Waals surface area (Å²) in [6.45, 7) is 3.73. The number of nitrogens with zero attached hydrogens (tertiary/aromatic N) is 2. The fraction of sp³-hybridized carbons (Fsp3) is 0.556. The molecule has 1 heterocycles. The third kappa shape index (κ3) is 4.97. The van der Waals surface area contributed by atoms with Gasteiger partial charge in [0.1, 0.15) is 23.9 Å². The number of methoxy groups -OCH3 is 1. The van der Waals surface area contributed by atoms with Crippen molar-refractivity contribution < 1.29 is 23.1 Å². The van der Waals surface area contributed by atoms with Gasteiger partial charge in [0.25, 0.3) is 0 Å². The van der Waals surface area contributed by atoms with Crippen LogP contribution in [0.2, 0.25) is 0 Å². The molecule has 0 bridgehead atoms. The SMILES string of the molecule is CCC(C)[C@H](NC(O)c1cccc(OC)c1)C(=O)N1CS(=O)(=O)C[C@H]1C#N. The number of aliphatic hydroxyl groups is 1. The molecule has 0 spiro atoms. The number of sulfone groups is 1. The molecule has 1 fully saturated rings. The Hall–Kier alpha value is -2.15.